The minimum atomic E-state index is 0.0125. The Morgan fingerprint density at radius 1 is 1.06 bits per heavy atom. The van der Waals surface area contributed by atoms with E-state index >= 15 is 0 Å². The molecule has 0 bridgehead atoms. The van der Waals surface area contributed by atoms with Crippen molar-refractivity contribution in [2.24, 2.45) is 5.41 Å². The number of hydrogen-bond donors (Lipinski definition) is 1. The van der Waals surface area contributed by atoms with Crippen LogP contribution < -0.4 is 10.2 Å². The number of hydrogen-bond acceptors (Lipinski definition) is 3. The van der Waals surface area contributed by atoms with E-state index in [0.29, 0.717) is 28.6 Å². The fraction of sp³-hybridized carbons (Fsp3) is 0.444. The molecule has 3 aromatic rings. The SMILES string of the molecule is O=C(NC1CC2(CCC2)C1)c1ccc(Cl)c2ccn(Cc3ccc(N4CCOCC4)cc3)c12. The van der Waals surface area contributed by atoms with Crippen molar-refractivity contribution < 1.29 is 9.53 Å². The number of benzene rings is 2. The van der Waals surface area contributed by atoms with Crippen LogP contribution in [-0.4, -0.2) is 42.8 Å². The minimum Gasteiger partial charge on any atom is -0.378 e. The van der Waals surface area contributed by atoms with Crippen LogP contribution in [0.25, 0.3) is 10.9 Å². The molecule has 2 aliphatic carbocycles. The van der Waals surface area contributed by atoms with Crippen LogP contribution in [0.2, 0.25) is 5.02 Å². The lowest BCUT2D eigenvalue weighted by molar-refractivity contribution is -0.000603. The first-order chi connectivity index (χ1) is 16.1. The molecule has 3 aliphatic rings. The highest BCUT2D eigenvalue weighted by Gasteiger charge is 2.48. The average Bonchev–Trinajstić information content (AvgIpc) is 3.20. The van der Waals surface area contributed by atoms with E-state index < -0.39 is 0 Å². The zero-order valence-electron chi connectivity index (χ0n) is 18.9. The smallest absolute Gasteiger partial charge is 0.253 e. The molecule has 33 heavy (non-hydrogen) atoms. The Balaban J connectivity index is 1.22. The fourth-order valence-corrected chi connectivity index (χ4v) is 6.09. The van der Waals surface area contributed by atoms with Crippen LogP contribution in [0.4, 0.5) is 5.69 Å². The third-order valence-corrected chi connectivity index (χ3v) is 8.22. The molecule has 1 saturated heterocycles. The van der Waals surface area contributed by atoms with Gasteiger partial charge in [0.25, 0.3) is 5.91 Å². The number of anilines is 1. The normalized spacial score (nSPS) is 20.0. The Kier molecular flexibility index (Phi) is 5.34. The zero-order valence-corrected chi connectivity index (χ0v) is 19.6. The number of nitrogens with one attached hydrogen (secondary N) is 1. The molecule has 0 unspecified atom stereocenters. The molecular weight excluding hydrogens is 434 g/mol. The third-order valence-electron chi connectivity index (χ3n) is 7.89. The van der Waals surface area contributed by atoms with Gasteiger partial charge >= 0.3 is 0 Å². The number of ether oxygens (including phenoxy) is 1. The number of halogens is 1. The number of fused-ring (bicyclic) bond motifs is 1. The molecule has 0 atom stereocenters. The minimum absolute atomic E-state index is 0.0125. The molecule has 5 nitrogen and oxygen atoms in total. The summed E-state index contributed by atoms with van der Waals surface area (Å²) >= 11 is 6.50. The van der Waals surface area contributed by atoms with Crippen LogP contribution in [0.15, 0.2) is 48.7 Å². The van der Waals surface area contributed by atoms with Crippen molar-refractivity contribution in [2.75, 3.05) is 31.2 Å². The molecule has 1 aliphatic heterocycles. The van der Waals surface area contributed by atoms with Gasteiger partial charge in [0.05, 0.1) is 24.3 Å². The van der Waals surface area contributed by atoms with Crippen molar-refractivity contribution in [3.05, 3.63) is 64.8 Å². The molecule has 172 valence electrons. The highest BCUT2D eigenvalue weighted by atomic mass is 35.5. The predicted octanol–water partition coefficient (Wildman–Crippen LogP) is 5.24. The van der Waals surface area contributed by atoms with Crippen molar-refractivity contribution in [3.8, 4) is 0 Å². The quantitative estimate of drug-likeness (QED) is 0.562. The molecule has 1 aromatic heterocycles. The second-order valence-electron chi connectivity index (χ2n) is 10.00. The lowest BCUT2D eigenvalue weighted by Gasteiger charge is -2.54. The van der Waals surface area contributed by atoms with E-state index in [1.54, 1.807) is 0 Å². The summed E-state index contributed by atoms with van der Waals surface area (Å²) in [6.07, 6.45) is 8.31. The van der Waals surface area contributed by atoms with E-state index in [9.17, 15) is 4.79 Å². The standard InChI is InChI=1S/C27H30ClN3O2/c28-24-7-6-23(26(32)29-20-16-27(17-20)9-1-10-27)25-22(24)8-11-31(25)18-19-2-4-21(5-3-19)30-12-14-33-15-13-30/h2-8,11,20H,1,9-10,12-18H2,(H,29,32). The van der Waals surface area contributed by atoms with Gasteiger partial charge in [-0.25, -0.2) is 0 Å². The molecule has 2 aromatic carbocycles. The van der Waals surface area contributed by atoms with Crippen LogP contribution in [0.5, 0.6) is 0 Å². The van der Waals surface area contributed by atoms with Crippen molar-refractivity contribution in [1.29, 1.82) is 0 Å². The third kappa shape index (κ3) is 3.91. The van der Waals surface area contributed by atoms with Gasteiger partial charge in [0.1, 0.15) is 0 Å². The summed E-state index contributed by atoms with van der Waals surface area (Å²) in [5, 5.41) is 4.89. The summed E-state index contributed by atoms with van der Waals surface area (Å²) in [7, 11) is 0. The maximum atomic E-state index is 13.2. The van der Waals surface area contributed by atoms with E-state index in [-0.39, 0.29) is 5.91 Å². The van der Waals surface area contributed by atoms with Gasteiger partial charge < -0.3 is 19.5 Å². The summed E-state index contributed by atoms with van der Waals surface area (Å²) in [6, 6.07) is 14.7. The largest absolute Gasteiger partial charge is 0.378 e. The van der Waals surface area contributed by atoms with Crippen molar-refractivity contribution in [2.45, 2.75) is 44.7 Å². The van der Waals surface area contributed by atoms with Gasteiger partial charge in [-0.15, -0.1) is 0 Å². The number of rotatable bonds is 5. The number of carbonyl (C=O) groups excluding carboxylic acids is 1. The summed E-state index contributed by atoms with van der Waals surface area (Å²) in [5.74, 6) is 0.0125. The van der Waals surface area contributed by atoms with Crippen LogP contribution in [0.1, 0.15) is 48.0 Å². The maximum absolute atomic E-state index is 13.2. The molecule has 6 rings (SSSR count). The Hall–Kier alpha value is -2.50. The first-order valence-corrected chi connectivity index (χ1v) is 12.5. The number of aromatic nitrogens is 1. The highest BCUT2D eigenvalue weighted by Crippen LogP contribution is 2.55. The molecule has 6 heteroatoms. The monoisotopic (exact) mass is 463 g/mol. The van der Waals surface area contributed by atoms with E-state index in [2.05, 4.69) is 39.0 Å². The predicted molar refractivity (Wildman–Crippen MR) is 132 cm³/mol. The number of nitrogens with zero attached hydrogens (tertiary/aromatic N) is 2. The first-order valence-electron chi connectivity index (χ1n) is 12.1. The van der Waals surface area contributed by atoms with E-state index in [1.807, 2.05) is 24.4 Å². The first kappa shape index (κ1) is 21.1. The fourth-order valence-electron chi connectivity index (χ4n) is 5.87. The van der Waals surface area contributed by atoms with E-state index in [1.165, 1.54) is 30.5 Å². The second-order valence-corrected chi connectivity index (χ2v) is 10.4. The Morgan fingerprint density at radius 3 is 2.52 bits per heavy atom. The number of amides is 1. The molecule has 1 spiro atoms. The van der Waals surface area contributed by atoms with Gasteiger partial charge in [-0.2, -0.15) is 0 Å². The number of morpholine rings is 1. The highest BCUT2D eigenvalue weighted by molar-refractivity contribution is 6.36. The lowest BCUT2D eigenvalue weighted by Crippen LogP contribution is -2.53. The van der Waals surface area contributed by atoms with Crippen LogP contribution in [-0.2, 0) is 11.3 Å². The second kappa shape index (κ2) is 8.37. The molecule has 2 saturated carbocycles. The Bertz CT molecular complexity index is 1170. The van der Waals surface area contributed by atoms with Crippen LogP contribution >= 0.6 is 11.6 Å². The Labute approximate surface area is 199 Å². The summed E-state index contributed by atoms with van der Waals surface area (Å²) < 4.78 is 7.61. The molecule has 2 heterocycles. The van der Waals surface area contributed by atoms with Gasteiger partial charge in [-0.05, 0) is 67.0 Å². The summed E-state index contributed by atoms with van der Waals surface area (Å²) in [5.41, 5.74) is 4.59. The van der Waals surface area contributed by atoms with Gasteiger partial charge in [0.15, 0.2) is 0 Å². The average molecular weight is 464 g/mol. The van der Waals surface area contributed by atoms with Crippen LogP contribution in [0, 0.1) is 5.41 Å². The molecule has 3 fully saturated rings. The molecular formula is C27H30ClN3O2. The lowest BCUT2D eigenvalue weighted by atomic mass is 9.54. The van der Waals surface area contributed by atoms with Gasteiger partial charge in [-0.1, -0.05) is 30.2 Å². The molecule has 0 radical (unpaired) electrons. The summed E-state index contributed by atoms with van der Waals surface area (Å²) in [6.45, 7) is 4.12. The zero-order chi connectivity index (χ0) is 22.4. The van der Waals surface area contributed by atoms with Crippen molar-refractivity contribution in [3.63, 3.8) is 0 Å². The topological polar surface area (TPSA) is 46.5 Å². The molecule has 1 N–H and O–H groups in total. The van der Waals surface area contributed by atoms with Crippen molar-refractivity contribution >= 4 is 34.1 Å². The van der Waals surface area contributed by atoms with Crippen LogP contribution in [0.3, 0.4) is 0 Å². The Morgan fingerprint density at radius 2 is 1.82 bits per heavy atom. The van der Waals surface area contributed by atoms with E-state index in [4.69, 9.17) is 16.3 Å². The molecule has 1 amide bonds. The van der Waals surface area contributed by atoms with Crippen molar-refractivity contribution in [1.82, 2.24) is 9.88 Å². The van der Waals surface area contributed by atoms with E-state index in [0.717, 1.165) is 50.0 Å². The van der Waals surface area contributed by atoms with Gasteiger partial charge in [0.2, 0.25) is 0 Å². The summed E-state index contributed by atoms with van der Waals surface area (Å²) in [4.78, 5) is 15.6. The maximum Gasteiger partial charge on any atom is 0.253 e. The number of carbonyl (C=O) groups is 1. The van der Waals surface area contributed by atoms with Gasteiger partial charge in [0, 0.05) is 48.0 Å². The van der Waals surface area contributed by atoms with Gasteiger partial charge in [-0.3, -0.25) is 4.79 Å².